The number of carbonyl (C=O) groups is 1. The van der Waals surface area contributed by atoms with Gasteiger partial charge in [0.25, 0.3) is 0 Å². The Balaban J connectivity index is 1.48. The lowest BCUT2D eigenvalue weighted by atomic mass is 9.60. The fourth-order valence-electron chi connectivity index (χ4n) is 5.75. The lowest BCUT2D eigenvalue weighted by molar-refractivity contribution is -0.129. The Kier molecular flexibility index (Phi) is 4.51. The largest absolute Gasteiger partial charge is 0.283 e. The number of carbonyl (C=O) groups excluding carboxylic acids is 1. The fourth-order valence-corrected chi connectivity index (χ4v) is 6.39. The maximum Gasteiger partial charge on any atom is 0.236 e. The van der Waals surface area contributed by atoms with Crippen molar-refractivity contribution in [2.75, 3.05) is 4.90 Å². The van der Waals surface area contributed by atoms with Crippen LogP contribution in [0.3, 0.4) is 0 Å². The molecule has 0 aliphatic heterocycles. The summed E-state index contributed by atoms with van der Waals surface area (Å²) in [4.78, 5) is 20.9. The summed E-state index contributed by atoms with van der Waals surface area (Å²) >= 11 is 1.53. The molecule has 1 amide bonds. The monoisotopic (exact) mass is 436 g/mol. The lowest BCUT2D eigenvalue weighted by Gasteiger charge is -2.45. The molecule has 4 bridgehead atoms. The van der Waals surface area contributed by atoms with E-state index < -0.39 is 5.41 Å². The average molecular weight is 437 g/mol. The molecule has 4 heteroatoms. The van der Waals surface area contributed by atoms with Crippen LogP contribution in [0.1, 0.15) is 53.0 Å². The van der Waals surface area contributed by atoms with Crippen LogP contribution in [0, 0.1) is 5.41 Å². The third kappa shape index (κ3) is 2.94. The molecular formula is C28H24N2OS. The van der Waals surface area contributed by atoms with Gasteiger partial charge in [0.1, 0.15) is 0 Å². The summed E-state index contributed by atoms with van der Waals surface area (Å²) < 4.78 is 0. The van der Waals surface area contributed by atoms with Crippen molar-refractivity contribution in [3.05, 3.63) is 118 Å². The number of benzene rings is 3. The average Bonchev–Trinajstić information content (AvgIpc) is 3.32. The molecule has 0 saturated carbocycles. The van der Waals surface area contributed by atoms with Gasteiger partial charge in [0.05, 0.1) is 12.0 Å². The predicted octanol–water partition coefficient (Wildman–Crippen LogP) is 6.36. The molecule has 7 rings (SSSR count). The SMILES string of the molecule is CC1(C(=O)N(Cc2ccccc2)c2nccs2)CC2c3cccc(c3)C1c1ccccc12. The Bertz CT molecular complexity index is 1280. The molecule has 4 aromatic rings. The van der Waals surface area contributed by atoms with E-state index in [0.717, 1.165) is 17.1 Å². The minimum absolute atomic E-state index is 0.0307. The second kappa shape index (κ2) is 7.42. The molecule has 3 aliphatic rings. The zero-order chi connectivity index (χ0) is 21.7. The Morgan fingerprint density at radius 1 is 1.00 bits per heavy atom. The van der Waals surface area contributed by atoms with Crippen LogP contribution in [-0.4, -0.2) is 10.9 Å². The van der Waals surface area contributed by atoms with Gasteiger partial charge in [-0.3, -0.25) is 9.69 Å². The van der Waals surface area contributed by atoms with E-state index in [2.05, 4.69) is 72.6 Å². The first-order chi connectivity index (χ1) is 15.6. The first kappa shape index (κ1) is 19.4. The molecule has 32 heavy (non-hydrogen) atoms. The summed E-state index contributed by atoms with van der Waals surface area (Å²) in [7, 11) is 0. The number of hydrogen-bond donors (Lipinski definition) is 0. The molecule has 158 valence electrons. The van der Waals surface area contributed by atoms with Gasteiger partial charge in [-0.2, -0.15) is 0 Å². The molecule has 3 nitrogen and oxygen atoms in total. The number of nitrogens with zero attached hydrogens (tertiary/aromatic N) is 2. The van der Waals surface area contributed by atoms with E-state index in [4.69, 9.17) is 0 Å². The van der Waals surface area contributed by atoms with Crippen LogP contribution in [-0.2, 0) is 11.3 Å². The molecule has 0 fully saturated rings. The summed E-state index contributed by atoms with van der Waals surface area (Å²) in [5.74, 6) is 0.417. The summed E-state index contributed by atoms with van der Waals surface area (Å²) in [6, 6.07) is 27.8. The van der Waals surface area contributed by atoms with Crippen LogP contribution in [0.5, 0.6) is 0 Å². The van der Waals surface area contributed by atoms with Crippen molar-refractivity contribution in [3.8, 4) is 0 Å². The maximum absolute atomic E-state index is 14.5. The first-order valence-corrected chi connectivity index (χ1v) is 12.0. The summed E-state index contributed by atoms with van der Waals surface area (Å²) in [5, 5.41) is 2.71. The molecule has 1 heterocycles. The normalized spacial score (nSPS) is 22.8. The Morgan fingerprint density at radius 2 is 1.75 bits per heavy atom. The summed E-state index contributed by atoms with van der Waals surface area (Å²) in [6.45, 7) is 2.70. The Labute approximate surface area is 192 Å². The molecule has 0 radical (unpaired) electrons. The zero-order valence-corrected chi connectivity index (χ0v) is 18.8. The van der Waals surface area contributed by atoms with Gasteiger partial charge in [0.2, 0.25) is 5.91 Å². The molecule has 0 spiro atoms. The van der Waals surface area contributed by atoms with Gasteiger partial charge in [-0.15, -0.1) is 11.3 Å². The minimum Gasteiger partial charge on any atom is -0.283 e. The number of amides is 1. The Hall–Kier alpha value is -3.24. The van der Waals surface area contributed by atoms with Gasteiger partial charge >= 0.3 is 0 Å². The van der Waals surface area contributed by atoms with E-state index in [1.165, 1.54) is 33.6 Å². The highest BCUT2D eigenvalue weighted by Gasteiger charge is 2.52. The van der Waals surface area contributed by atoms with Crippen LogP contribution < -0.4 is 4.90 Å². The van der Waals surface area contributed by atoms with Crippen LogP contribution in [0.15, 0.2) is 90.4 Å². The molecule has 3 unspecified atom stereocenters. The van der Waals surface area contributed by atoms with Crippen molar-refractivity contribution in [3.63, 3.8) is 0 Å². The molecular weight excluding hydrogens is 412 g/mol. The number of thiazole rings is 1. The molecule has 3 atom stereocenters. The second-order valence-corrected chi connectivity index (χ2v) is 9.97. The quantitative estimate of drug-likeness (QED) is 0.373. The van der Waals surface area contributed by atoms with Gasteiger partial charge in [-0.25, -0.2) is 4.98 Å². The molecule has 3 aliphatic carbocycles. The van der Waals surface area contributed by atoms with Crippen LogP contribution in [0.2, 0.25) is 0 Å². The number of anilines is 1. The van der Waals surface area contributed by atoms with Crippen molar-refractivity contribution < 1.29 is 4.79 Å². The van der Waals surface area contributed by atoms with E-state index in [1.807, 2.05) is 28.5 Å². The van der Waals surface area contributed by atoms with Crippen LogP contribution in [0.4, 0.5) is 5.13 Å². The second-order valence-electron chi connectivity index (χ2n) is 9.10. The van der Waals surface area contributed by atoms with Crippen molar-refractivity contribution >= 4 is 22.4 Å². The maximum atomic E-state index is 14.5. The van der Waals surface area contributed by atoms with Crippen molar-refractivity contribution in [2.24, 2.45) is 5.41 Å². The van der Waals surface area contributed by atoms with Gasteiger partial charge in [0, 0.05) is 23.4 Å². The molecule has 3 aromatic carbocycles. The number of hydrogen-bond acceptors (Lipinski definition) is 3. The van der Waals surface area contributed by atoms with Gasteiger partial charge < -0.3 is 0 Å². The van der Waals surface area contributed by atoms with Crippen molar-refractivity contribution in [1.82, 2.24) is 4.98 Å². The zero-order valence-electron chi connectivity index (χ0n) is 17.9. The van der Waals surface area contributed by atoms with Gasteiger partial charge in [-0.05, 0) is 41.2 Å². The summed E-state index contributed by atoms with van der Waals surface area (Å²) in [5.41, 5.74) is 5.77. The molecule has 0 N–H and O–H groups in total. The highest BCUT2D eigenvalue weighted by molar-refractivity contribution is 7.13. The van der Waals surface area contributed by atoms with Crippen molar-refractivity contribution in [1.29, 1.82) is 0 Å². The van der Waals surface area contributed by atoms with Crippen LogP contribution in [0.25, 0.3) is 0 Å². The Morgan fingerprint density at radius 3 is 2.53 bits per heavy atom. The summed E-state index contributed by atoms with van der Waals surface area (Å²) in [6.07, 6.45) is 2.59. The topological polar surface area (TPSA) is 33.2 Å². The van der Waals surface area contributed by atoms with E-state index in [0.29, 0.717) is 6.54 Å². The standard InChI is InChI=1S/C28H24N2OS/c1-28(26(31)30(27-29-14-15-32-27)18-19-8-3-2-4-9-19)17-24-20-10-7-11-21(16-20)25(28)23-13-6-5-12-22(23)24/h2-16,24-25H,17-18H2,1H3. The van der Waals surface area contributed by atoms with E-state index >= 15 is 0 Å². The highest BCUT2D eigenvalue weighted by Crippen LogP contribution is 2.58. The van der Waals surface area contributed by atoms with Gasteiger partial charge in [-0.1, -0.05) is 78.9 Å². The minimum atomic E-state index is -0.560. The first-order valence-electron chi connectivity index (χ1n) is 11.1. The third-order valence-corrected chi connectivity index (χ3v) is 7.96. The third-order valence-electron chi connectivity index (χ3n) is 7.16. The van der Waals surface area contributed by atoms with E-state index in [9.17, 15) is 4.79 Å². The van der Waals surface area contributed by atoms with Crippen molar-refractivity contribution in [2.45, 2.75) is 31.7 Å². The van der Waals surface area contributed by atoms with Gasteiger partial charge in [0.15, 0.2) is 5.13 Å². The number of rotatable bonds is 4. The fraction of sp³-hybridized carbons (Fsp3) is 0.214. The lowest BCUT2D eigenvalue weighted by Crippen LogP contribution is -2.48. The number of aromatic nitrogens is 1. The number of fused-ring (bicyclic) bond motifs is 1. The van der Waals surface area contributed by atoms with E-state index in [-0.39, 0.29) is 17.7 Å². The van der Waals surface area contributed by atoms with Crippen LogP contribution >= 0.6 is 11.3 Å². The molecule has 0 saturated heterocycles. The van der Waals surface area contributed by atoms with E-state index in [1.54, 1.807) is 6.20 Å². The molecule has 1 aromatic heterocycles. The predicted molar refractivity (Wildman–Crippen MR) is 129 cm³/mol. The highest BCUT2D eigenvalue weighted by atomic mass is 32.1. The smallest absolute Gasteiger partial charge is 0.236 e.